The van der Waals surface area contributed by atoms with Crippen LogP contribution in [0, 0.1) is 5.41 Å². The molecule has 5 heteroatoms. The molecule has 1 saturated heterocycles. The van der Waals surface area contributed by atoms with E-state index in [1.165, 1.54) is 0 Å². The summed E-state index contributed by atoms with van der Waals surface area (Å²) in [6.45, 7) is 12.5. The molecule has 25 heavy (non-hydrogen) atoms. The van der Waals surface area contributed by atoms with Crippen LogP contribution in [0.25, 0.3) is 0 Å². The smallest absolute Gasteiger partial charge is 0.255 e. The summed E-state index contributed by atoms with van der Waals surface area (Å²) in [6, 6.07) is -0.991. The van der Waals surface area contributed by atoms with Crippen LogP contribution in [0.15, 0.2) is 36.0 Å². The Hall–Kier alpha value is -2.17. The van der Waals surface area contributed by atoms with Crippen LogP contribution in [0.5, 0.6) is 0 Å². The lowest BCUT2D eigenvalue weighted by atomic mass is 9.84. The molecular formula is C20H28N2O3. The van der Waals surface area contributed by atoms with E-state index in [1.54, 1.807) is 15.9 Å². The van der Waals surface area contributed by atoms with Gasteiger partial charge in [-0.3, -0.25) is 9.59 Å². The molecule has 0 spiro atoms. The summed E-state index contributed by atoms with van der Waals surface area (Å²) in [7, 11) is 0. The highest BCUT2D eigenvalue weighted by Crippen LogP contribution is 2.33. The molecule has 2 aliphatic rings. The molecule has 1 fully saturated rings. The molecule has 0 aliphatic carbocycles. The fraction of sp³-hybridized carbons (Fsp3) is 0.550. The molecule has 2 rings (SSSR count). The van der Waals surface area contributed by atoms with Crippen molar-refractivity contribution in [2.24, 2.45) is 5.41 Å². The van der Waals surface area contributed by atoms with Crippen LogP contribution in [0.3, 0.4) is 0 Å². The molecule has 2 aliphatic heterocycles. The molecule has 0 aromatic heterocycles. The summed E-state index contributed by atoms with van der Waals surface area (Å²) in [4.78, 5) is 40.7. The SMILES string of the molecule is C=CC1=C(/C=C\C)CN(C(C(=O)N2CCCC2C=O)C(C)(C)C)C1=O. The first-order valence-electron chi connectivity index (χ1n) is 8.81. The van der Waals surface area contributed by atoms with E-state index in [-0.39, 0.29) is 17.9 Å². The van der Waals surface area contributed by atoms with Crippen LogP contribution in [0.1, 0.15) is 40.5 Å². The number of carbonyl (C=O) groups excluding carboxylic acids is 3. The summed E-state index contributed by atoms with van der Waals surface area (Å²) >= 11 is 0. The molecule has 2 heterocycles. The van der Waals surface area contributed by atoms with Crippen LogP contribution in [0.4, 0.5) is 0 Å². The fourth-order valence-electron chi connectivity index (χ4n) is 3.74. The average molecular weight is 344 g/mol. The predicted molar refractivity (Wildman–Crippen MR) is 97.8 cm³/mol. The van der Waals surface area contributed by atoms with Gasteiger partial charge in [-0.15, -0.1) is 0 Å². The molecule has 0 N–H and O–H groups in total. The van der Waals surface area contributed by atoms with Crippen molar-refractivity contribution in [3.63, 3.8) is 0 Å². The third kappa shape index (κ3) is 3.60. The number of rotatable bonds is 5. The lowest BCUT2D eigenvalue weighted by molar-refractivity contribution is -0.148. The molecular weight excluding hydrogens is 316 g/mol. The van der Waals surface area contributed by atoms with Crippen molar-refractivity contribution in [3.8, 4) is 0 Å². The van der Waals surface area contributed by atoms with Gasteiger partial charge in [0.1, 0.15) is 12.3 Å². The first-order valence-corrected chi connectivity index (χ1v) is 8.81. The summed E-state index contributed by atoms with van der Waals surface area (Å²) in [5.41, 5.74) is 0.979. The maximum atomic E-state index is 13.3. The number of aldehydes is 1. The number of hydrogen-bond acceptors (Lipinski definition) is 3. The summed E-state index contributed by atoms with van der Waals surface area (Å²) in [5, 5.41) is 0. The van der Waals surface area contributed by atoms with Crippen molar-refractivity contribution in [3.05, 3.63) is 36.0 Å². The second-order valence-electron chi connectivity index (χ2n) is 7.72. The molecule has 0 bridgehead atoms. The van der Waals surface area contributed by atoms with E-state index in [0.29, 0.717) is 25.1 Å². The Balaban J connectivity index is 2.37. The highest BCUT2D eigenvalue weighted by atomic mass is 16.2. The van der Waals surface area contributed by atoms with Gasteiger partial charge in [0.15, 0.2) is 0 Å². The maximum Gasteiger partial charge on any atom is 0.255 e. The van der Waals surface area contributed by atoms with Crippen molar-refractivity contribution in [1.29, 1.82) is 0 Å². The van der Waals surface area contributed by atoms with Gasteiger partial charge in [0.2, 0.25) is 5.91 Å². The van der Waals surface area contributed by atoms with Gasteiger partial charge in [-0.2, -0.15) is 0 Å². The number of likely N-dealkylation sites (tertiary alicyclic amines) is 1. The minimum atomic E-state index is -0.613. The van der Waals surface area contributed by atoms with E-state index < -0.39 is 11.5 Å². The zero-order valence-electron chi connectivity index (χ0n) is 15.6. The fourth-order valence-corrected chi connectivity index (χ4v) is 3.74. The van der Waals surface area contributed by atoms with Crippen LogP contribution in [-0.2, 0) is 14.4 Å². The first-order chi connectivity index (χ1) is 11.8. The lowest BCUT2D eigenvalue weighted by Crippen LogP contribution is -2.56. The zero-order chi connectivity index (χ0) is 18.8. The molecule has 0 aromatic carbocycles. The molecule has 136 valence electrons. The van der Waals surface area contributed by atoms with Crippen molar-refractivity contribution in [2.75, 3.05) is 13.1 Å². The second kappa shape index (κ2) is 7.38. The second-order valence-corrected chi connectivity index (χ2v) is 7.72. The van der Waals surface area contributed by atoms with E-state index >= 15 is 0 Å². The van der Waals surface area contributed by atoms with E-state index in [4.69, 9.17) is 0 Å². The molecule has 5 nitrogen and oxygen atoms in total. The third-order valence-electron chi connectivity index (χ3n) is 4.86. The van der Waals surface area contributed by atoms with Gasteiger partial charge in [0, 0.05) is 18.7 Å². The van der Waals surface area contributed by atoms with Crippen molar-refractivity contribution in [2.45, 2.75) is 52.6 Å². The van der Waals surface area contributed by atoms with Crippen LogP contribution < -0.4 is 0 Å². The molecule has 2 unspecified atom stereocenters. The topological polar surface area (TPSA) is 57.7 Å². The quantitative estimate of drug-likeness (QED) is 0.720. The number of carbonyl (C=O) groups is 3. The van der Waals surface area contributed by atoms with Crippen molar-refractivity contribution in [1.82, 2.24) is 9.80 Å². The Bertz CT molecular complexity index is 640. The Morgan fingerprint density at radius 2 is 2.04 bits per heavy atom. The highest BCUT2D eigenvalue weighted by molar-refractivity contribution is 6.03. The summed E-state index contributed by atoms with van der Waals surface area (Å²) in [6.07, 6.45) is 7.69. The van der Waals surface area contributed by atoms with Gasteiger partial charge in [-0.1, -0.05) is 45.6 Å². The van der Waals surface area contributed by atoms with Gasteiger partial charge < -0.3 is 14.6 Å². The maximum absolute atomic E-state index is 13.3. The Kier molecular flexibility index (Phi) is 5.65. The highest BCUT2D eigenvalue weighted by Gasteiger charge is 2.46. The molecule has 2 atom stereocenters. The molecule has 0 aromatic rings. The summed E-state index contributed by atoms with van der Waals surface area (Å²) in [5.74, 6) is -0.307. The Morgan fingerprint density at radius 3 is 2.56 bits per heavy atom. The van der Waals surface area contributed by atoms with Gasteiger partial charge in [-0.05, 0) is 30.8 Å². The van der Waals surface area contributed by atoms with E-state index in [9.17, 15) is 14.4 Å². The largest absolute Gasteiger partial charge is 0.331 e. The van der Waals surface area contributed by atoms with Crippen LogP contribution in [-0.4, -0.2) is 53.1 Å². The first kappa shape index (κ1) is 19.2. The van der Waals surface area contributed by atoms with Gasteiger partial charge in [0.25, 0.3) is 5.91 Å². The molecule has 0 saturated carbocycles. The third-order valence-corrected chi connectivity index (χ3v) is 4.86. The summed E-state index contributed by atoms with van der Waals surface area (Å²) < 4.78 is 0. The number of hydrogen-bond donors (Lipinski definition) is 0. The van der Waals surface area contributed by atoms with E-state index in [2.05, 4.69) is 6.58 Å². The normalized spacial score (nSPS) is 22.9. The lowest BCUT2D eigenvalue weighted by Gasteiger charge is -2.40. The van der Waals surface area contributed by atoms with Crippen LogP contribution >= 0.6 is 0 Å². The zero-order valence-corrected chi connectivity index (χ0v) is 15.6. The molecule has 2 amide bonds. The number of allylic oxidation sites excluding steroid dienone is 1. The molecule has 0 radical (unpaired) electrons. The minimum absolute atomic E-state index is 0.138. The monoisotopic (exact) mass is 344 g/mol. The van der Waals surface area contributed by atoms with Gasteiger partial charge in [0.05, 0.1) is 6.04 Å². The van der Waals surface area contributed by atoms with Gasteiger partial charge in [-0.25, -0.2) is 0 Å². The number of amides is 2. The van der Waals surface area contributed by atoms with E-state index in [0.717, 1.165) is 18.3 Å². The Morgan fingerprint density at radius 1 is 1.36 bits per heavy atom. The van der Waals surface area contributed by atoms with E-state index in [1.807, 2.05) is 39.8 Å². The van der Waals surface area contributed by atoms with Crippen molar-refractivity contribution < 1.29 is 14.4 Å². The number of nitrogens with zero attached hydrogens (tertiary/aromatic N) is 2. The van der Waals surface area contributed by atoms with Crippen molar-refractivity contribution >= 4 is 18.1 Å². The Labute approximate surface area is 150 Å². The van der Waals surface area contributed by atoms with Crippen LogP contribution in [0.2, 0.25) is 0 Å². The standard InChI is InChI=1S/C20H28N2O3/c1-6-9-14-12-22(18(24)16(14)7-2)17(20(3,4)5)19(25)21-11-8-10-15(21)13-23/h6-7,9,13,15,17H,2,8,10-12H2,1,3-5H3/b9-6-. The average Bonchev–Trinajstić information content (AvgIpc) is 3.12. The predicted octanol–water partition coefficient (Wildman–Crippen LogP) is 2.49. The minimum Gasteiger partial charge on any atom is -0.331 e. The van der Waals surface area contributed by atoms with Gasteiger partial charge >= 0.3 is 0 Å².